The zero-order valence-corrected chi connectivity index (χ0v) is 12.2. The molecular formula is C14H28N2O2. The first kappa shape index (κ1) is 15.4. The number of carbonyl (C=O) groups is 1. The highest BCUT2D eigenvalue weighted by Gasteiger charge is 2.24. The van der Waals surface area contributed by atoms with Crippen LogP contribution in [0.3, 0.4) is 0 Å². The second kappa shape index (κ2) is 7.74. The molecule has 1 N–H and O–H groups in total. The van der Waals surface area contributed by atoms with Gasteiger partial charge in [0, 0.05) is 25.7 Å². The van der Waals surface area contributed by atoms with Crippen molar-refractivity contribution in [3.05, 3.63) is 0 Å². The van der Waals surface area contributed by atoms with E-state index in [-0.39, 0.29) is 5.97 Å². The SMILES string of the molecule is COC(=O)CCN1CC(C)CC(NCC(C)C)C1. The molecule has 2 atom stereocenters. The van der Waals surface area contributed by atoms with Crippen LogP contribution in [0.4, 0.5) is 0 Å². The molecule has 0 aromatic heterocycles. The zero-order valence-electron chi connectivity index (χ0n) is 12.2. The monoisotopic (exact) mass is 256 g/mol. The van der Waals surface area contributed by atoms with Crippen molar-refractivity contribution < 1.29 is 9.53 Å². The van der Waals surface area contributed by atoms with Crippen molar-refractivity contribution in [2.45, 2.75) is 39.7 Å². The second-order valence-electron chi connectivity index (χ2n) is 5.93. The fourth-order valence-electron chi connectivity index (χ4n) is 2.55. The van der Waals surface area contributed by atoms with E-state index in [0.29, 0.717) is 24.3 Å². The molecule has 1 fully saturated rings. The molecule has 106 valence electrons. The van der Waals surface area contributed by atoms with Crippen molar-refractivity contribution in [2.75, 3.05) is 33.3 Å². The van der Waals surface area contributed by atoms with E-state index >= 15 is 0 Å². The molecule has 0 spiro atoms. The third-order valence-corrected chi connectivity index (χ3v) is 3.41. The van der Waals surface area contributed by atoms with E-state index in [2.05, 4.69) is 31.0 Å². The van der Waals surface area contributed by atoms with Gasteiger partial charge >= 0.3 is 5.97 Å². The Hall–Kier alpha value is -0.610. The van der Waals surface area contributed by atoms with E-state index in [1.54, 1.807) is 0 Å². The van der Waals surface area contributed by atoms with Gasteiger partial charge in [-0.2, -0.15) is 0 Å². The summed E-state index contributed by atoms with van der Waals surface area (Å²) < 4.78 is 4.69. The molecular weight excluding hydrogens is 228 g/mol. The quantitative estimate of drug-likeness (QED) is 0.731. The predicted octanol–water partition coefficient (Wildman–Crippen LogP) is 1.51. The molecule has 4 heteroatoms. The Morgan fingerprint density at radius 3 is 2.78 bits per heavy atom. The van der Waals surface area contributed by atoms with Crippen LogP contribution in [0.5, 0.6) is 0 Å². The van der Waals surface area contributed by atoms with Gasteiger partial charge in [-0.15, -0.1) is 0 Å². The number of carbonyl (C=O) groups excluding carboxylic acids is 1. The molecule has 2 unspecified atom stereocenters. The number of hydrogen-bond acceptors (Lipinski definition) is 4. The minimum Gasteiger partial charge on any atom is -0.469 e. The van der Waals surface area contributed by atoms with Crippen molar-refractivity contribution in [3.8, 4) is 0 Å². The van der Waals surface area contributed by atoms with Crippen LogP contribution in [-0.4, -0.2) is 50.2 Å². The predicted molar refractivity (Wildman–Crippen MR) is 73.5 cm³/mol. The number of nitrogens with zero attached hydrogens (tertiary/aromatic N) is 1. The molecule has 4 nitrogen and oxygen atoms in total. The average molecular weight is 256 g/mol. The number of rotatable bonds is 6. The van der Waals surface area contributed by atoms with Gasteiger partial charge in [0.15, 0.2) is 0 Å². The van der Waals surface area contributed by atoms with Gasteiger partial charge in [-0.05, 0) is 24.8 Å². The van der Waals surface area contributed by atoms with Crippen molar-refractivity contribution in [1.29, 1.82) is 0 Å². The normalized spacial score (nSPS) is 25.4. The number of likely N-dealkylation sites (tertiary alicyclic amines) is 1. The first-order chi connectivity index (χ1) is 8.51. The Kier molecular flexibility index (Phi) is 6.65. The number of methoxy groups -OCH3 is 1. The van der Waals surface area contributed by atoms with Crippen molar-refractivity contribution in [3.63, 3.8) is 0 Å². The molecule has 18 heavy (non-hydrogen) atoms. The van der Waals surface area contributed by atoms with Gasteiger partial charge in [0.1, 0.15) is 0 Å². The third kappa shape index (κ3) is 5.83. The minimum atomic E-state index is -0.111. The lowest BCUT2D eigenvalue weighted by molar-refractivity contribution is -0.141. The van der Waals surface area contributed by atoms with Crippen LogP contribution in [0.25, 0.3) is 0 Å². The van der Waals surface area contributed by atoms with Crippen LogP contribution in [-0.2, 0) is 9.53 Å². The summed E-state index contributed by atoms with van der Waals surface area (Å²) >= 11 is 0. The van der Waals surface area contributed by atoms with Gasteiger partial charge in [-0.3, -0.25) is 4.79 Å². The molecule has 0 aromatic carbocycles. The largest absolute Gasteiger partial charge is 0.469 e. The van der Waals surface area contributed by atoms with Crippen LogP contribution in [0.1, 0.15) is 33.6 Å². The smallest absolute Gasteiger partial charge is 0.306 e. The van der Waals surface area contributed by atoms with E-state index in [0.717, 1.165) is 26.2 Å². The molecule has 1 aliphatic heterocycles. The highest BCUT2D eigenvalue weighted by atomic mass is 16.5. The Bertz CT molecular complexity index is 256. The second-order valence-corrected chi connectivity index (χ2v) is 5.93. The summed E-state index contributed by atoms with van der Waals surface area (Å²) in [7, 11) is 1.45. The van der Waals surface area contributed by atoms with Crippen LogP contribution in [0.2, 0.25) is 0 Å². The molecule has 0 radical (unpaired) electrons. The molecule has 0 amide bonds. The van der Waals surface area contributed by atoms with E-state index < -0.39 is 0 Å². The average Bonchev–Trinajstić information content (AvgIpc) is 2.33. The maximum atomic E-state index is 11.2. The van der Waals surface area contributed by atoms with Gasteiger partial charge in [0.05, 0.1) is 13.5 Å². The van der Waals surface area contributed by atoms with Crippen LogP contribution < -0.4 is 5.32 Å². The topological polar surface area (TPSA) is 41.6 Å². The highest BCUT2D eigenvalue weighted by molar-refractivity contribution is 5.69. The Morgan fingerprint density at radius 1 is 1.44 bits per heavy atom. The summed E-state index contributed by atoms with van der Waals surface area (Å²) in [5.41, 5.74) is 0. The van der Waals surface area contributed by atoms with Gasteiger partial charge in [-0.25, -0.2) is 0 Å². The molecule has 1 saturated heterocycles. The molecule has 0 aromatic rings. The summed E-state index contributed by atoms with van der Waals surface area (Å²) in [6.45, 7) is 10.8. The molecule has 1 heterocycles. The number of ether oxygens (including phenoxy) is 1. The molecule has 0 saturated carbocycles. The Labute approximate surface area is 111 Å². The van der Waals surface area contributed by atoms with Gasteiger partial charge in [0.2, 0.25) is 0 Å². The van der Waals surface area contributed by atoms with E-state index in [4.69, 9.17) is 4.74 Å². The summed E-state index contributed by atoms with van der Waals surface area (Å²) in [6.07, 6.45) is 1.74. The molecule has 0 bridgehead atoms. The number of esters is 1. The lowest BCUT2D eigenvalue weighted by atomic mass is 9.95. The lowest BCUT2D eigenvalue weighted by Gasteiger charge is -2.37. The van der Waals surface area contributed by atoms with Crippen LogP contribution >= 0.6 is 0 Å². The zero-order chi connectivity index (χ0) is 13.5. The Morgan fingerprint density at radius 2 is 2.17 bits per heavy atom. The fourth-order valence-corrected chi connectivity index (χ4v) is 2.55. The molecule has 1 rings (SSSR count). The lowest BCUT2D eigenvalue weighted by Crippen LogP contribution is -2.49. The molecule has 1 aliphatic rings. The van der Waals surface area contributed by atoms with Crippen molar-refractivity contribution >= 4 is 5.97 Å². The first-order valence-corrected chi connectivity index (χ1v) is 7.03. The summed E-state index contributed by atoms with van der Waals surface area (Å²) in [5.74, 6) is 1.27. The third-order valence-electron chi connectivity index (χ3n) is 3.41. The number of piperidine rings is 1. The standard InChI is InChI=1S/C14H28N2O2/c1-11(2)8-15-13-7-12(3)9-16(10-13)6-5-14(17)18-4/h11-13,15H,5-10H2,1-4H3. The maximum Gasteiger partial charge on any atom is 0.306 e. The first-order valence-electron chi connectivity index (χ1n) is 7.03. The van der Waals surface area contributed by atoms with Crippen molar-refractivity contribution in [2.24, 2.45) is 11.8 Å². The fraction of sp³-hybridized carbons (Fsp3) is 0.929. The summed E-state index contributed by atoms with van der Waals surface area (Å²) in [6, 6.07) is 0.564. The number of nitrogens with one attached hydrogen (secondary N) is 1. The van der Waals surface area contributed by atoms with Crippen LogP contribution in [0, 0.1) is 11.8 Å². The van der Waals surface area contributed by atoms with Crippen LogP contribution in [0.15, 0.2) is 0 Å². The van der Waals surface area contributed by atoms with E-state index in [1.165, 1.54) is 13.5 Å². The molecule has 0 aliphatic carbocycles. The van der Waals surface area contributed by atoms with Gasteiger partial charge in [-0.1, -0.05) is 20.8 Å². The van der Waals surface area contributed by atoms with E-state index in [1.807, 2.05) is 0 Å². The Balaban J connectivity index is 2.33. The minimum absolute atomic E-state index is 0.111. The van der Waals surface area contributed by atoms with Gasteiger partial charge in [0.25, 0.3) is 0 Å². The summed E-state index contributed by atoms with van der Waals surface area (Å²) in [4.78, 5) is 13.5. The van der Waals surface area contributed by atoms with Gasteiger partial charge < -0.3 is 15.0 Å². The number of hydrogen-bond donors (Lipinski definition) is 1. The summed E-state index contributed by atoms with van der Waals surface area (Å²) in [5, 5.41) is 3.63. The van der Waals surface area contributed by atoms with E-state index in [9.17, 15) is 4.79 Å². The maximum absolute atomic E-state index is 11.2. The highest BCUT2D eigenvalue weighted by Crippen LogP contribution is 2.16. The van der Waals surface area contributed by atoms with Crippen molar-refractivity contribution in [1.82, 2.24) is 10.2 Å².